The van der Waals surface area contributed by atoms with E-state index < -0.39 is 0 Å². The second kappa shape index (κ2) is 6.67. The van der Waals surface area contributed by atoms with Crippen molar-refractivity contribution in [2.75, 3.05) is 0 Å². The average molecular weight is 347 g/mol. The summed E-state index contributed by atoms with van der Waals surface area (Å²) in [6.07, 6.45) is 6.13. The van der Waals surface area contributed by atoms with Crippen LogP contribution in [0.1, 0.15) is 36.1 Å². The summed E-state index contributed by atoms with van der Waals surface area (Å²) in [5.41, 5.74) is 3.78. The molecule has 4 rings (SSSR count). The molecule has 2 aromatic carbocycles. The molecule has 4 nitrogen and oxygen atoms in total. The second-order valence-corrected chi connectivity index (χ2v) is 6.33. The highest BCUT2D eigenvalue weighted by atomic mass is 19.1. The van der Waals surface area contributed by atoms with Gasteiger partial charge in [0.25, 0.3) is 0 Å². The molecule has 2 heterocycles. The van der Waals surface area contributed by atoms with Crippen LogP contribution in [0.15, 0.2) is 66.2 Å². The predicted molar refractivity (Wildman–Crippen MR) is 98.4 cm³/mol. The van der Waals surface area contributed by atoms with Crippen LogP contribution in [0.3, 0.4) is 0 Å². The Hall–Kier alpha value is -3.08. The number of fused-ring (bicyclic) bond motifs is 1. The average Bonchev–Trinajstić information content (AvgIpc) is 3.17. The maximum absolute atomic E-state index is 14.5. The van der Waals surface area contributed by atoms with Crippen molar-refractivity contribution in [3.05, 3.63) is 83.7 Å². The lowest BCUT2D eigenvalue weighted by Crippen LogP contribution is -2.20. The van der Waals surface area contributed by atoms with Gasteiger partial charge in [-0.15, -0.1) is 0 Å². The fourth-order valence-electron chi connectivity index (χ4n) is 3.42. The van der Waals surface area contributed by atoms with Crippen LogP contribution in [0.2, 0.25) is 0 Å². The Morgan fingerprint density at radius 2 is 2.08 bits per heavy atom. The Balaban J connectivity index is 1.84. The molecule has 0 saturated heterocycles. The van der Waals surface area contributed by atoms with Crippen LogP contribution < -0.4 is 0 Å². The first kappa shape index (κ1) is 16.4. The minimum absolute atomic E-state index is 0.0576. The van der Waals surface area contributed by atoms with Gasteiger partial charge in [-0.3, -0.25) is 4.79 Å². The van der Waals surface area contributed by atoms with E-state index in [2.05, 4.69) is 9.98 Å². The molecule has 1 atom stereocenters. The Morgan fingerprint density at radius 3 is 2.81 bits per heavy atom. The van der Waals surface area contributed by atoms with Crippen molar-refractivity contribution >= 4 is 17.2 Å². The molecule has 0 bridgehead atoms. The fourth-order valence-corrected chi connectivity index (χ4v) is 3.42. The molecule has 0 aliphatic carbocycles. The molecular weight excluding hydrogens is 329 g/mol. The molecule has 26 heavy (non-hydrogen) atoms. The lowest BCUT2D eigenvalue weighted by Gasteiger charge is -2.22. The monoisotopic (exact) mass is 347 g/mol. The smallest absolute Gasteiger partial charge is 0.181 e. The van der Waals surface area contributed by atoms with Gasteiger partial charge in [-0.1, -0.05) is 37.3 Å². The van der Waals surface area contributed by atoms with Gasteiger partial charge in [0.2, 0.25) is 0 Å². The number of rotatable bonds is 4. The minimum Gasteiger partial charge on any atom is -0.326 e. The maximum atomic E-state index is 14.5. The summed E-state index contributed by atoms with van der Waals surface area (Å²) in [5, 5.41) is 0. The number of ketones is 1. The van der Waals surface area contributed by atoms with Gasteiger partial charge in [0, 0.05) is 24.4 Å². The summed E-state index contributed by atoms with van der Waals surface area (Å²) in [4.78, 5) is 20.8. The van der Waals surface area contributed by atoms with Gasteiger partial charge >= 0.3 is 0 Å². The first-order valence-electron chi connectivity index (χ1n) is 8.63. The summed E-state index contributed by atoms with van der Waals surface area (Å²) in [6, 6.07) is 12.2. The maximum Gasteiger partial charge on any atom is 0.181 e. The topological polar surface area (TPSA) is 47.2 Å². The molecule has 1 aliphatic rings. The standard InChI is InChI=1S/C21H18FN3O/c1-2-18-20(26)12-15-11-14(7-8-19(15)24-18)21(25-10-9-23-13-25)16-5-3-4-6-17(16)22/h3-11,13,21H,2,12H2,1H3. The van der Waals surface area contributed by atoms with Crippen molar-refractivity contribution in [1.29, 1.82) is 0 Å². The number of carbonyl (C=O) groups is 1. The van der Waals surface area contributed by atoms with E-state index >= 15 is 0 Å². The Bertz CT molecular complexity index is 992. The van der Waals surface area contributed by atoms with Gasteiger partial charge in [-0.25, -0.2) is 14.4 Å². The largest absolute Gasteiger partial charge is 0.326 e. The van der Waals surface area contributed by atoms with Gasteiger partial charge in [0.15, 0.2) is 5.78 Å². The zero-order valence-electron chi connectivity index (χ0n) is 14.4. The van der Waals surface area contributed by atoms with Crippen molar-refractivity contribution in [1.82, 2.24) is 9.55 Å². The molecule has 130 valence electrons. The molecule has 0 spiro atoms. The van der Waals surface area contributed by atoms with Crippen LogP contribution in [-0.4, -0.2) is 21.0 Å². The number of aliphatic imine (C=N–C) groups is 1. The van der Waals surface area contributed by atoms with E-state index in [1.165, 1.54) is 6.07 Å². The number of aromatic nitrogens is 2. The first-order valence-corrected chi connectivity index (χ1v) is 8.63. The predicted octanol–water partition coefficient (Wildman–Crippen LogP) is 4.27. The van der Waals surface area contributed by atoms with Crippen LogP contribution in [0.5, 0.6) is 0 Å². The molecule has 0 N–H and O–H groups in total. The zero-order chi connectivity index (χ0) is 18.1. The van der Waals surface area contributed by atoms with Crippen LogP contribution in [-0.2, 0) is 11.2 Å². The molecule has 5 heteroatoms. The summed E-state index contributed by atoms with van der Waals surface area (Å²) in [5.74, 6) is -0.214. The number of Topliss-reactive ketones (excluding diaryl/α,β-unsaturated/α-hetero) is 1. The van der Waals surface area contributed by atoms with Gasteiger partial charge in [-0.05, 0) is 29.7 Å². The third-order valence-corrected chi connectivity index (χ3v) is 4.71. The molecule has 1 unspecified atom stereocenters. The number of nitrogens with zero attached hydrogens (tertiary/aromatic N) is 3. The number of hydrogen-bond acceptors (Lipinski definition) is 3. The lowest BCUT2D eigenvalue weighted by molar-refractivity contribution is -0.112. The van der Waals surface area contributed by atoms with Gasteiger partial charge in [0.05, 0.1) is 23.8 Å². The van der Waals surface area contributed by atoms with E-state index in [0.717, 1.165) is 16.8 Å². The second-order valence-electron chi connectivity index (χ2n) is 6.33. The number of hydrogen-bond donors (Lipinski definition) is 0. The van der Waals surface area contributed by atoms with Gasteiger partial charge < -0.3 is 4.57 Å². The Morgan fingerprint density at radius 1 is 1.23 bits per heavy atom. The minimum atomic E-state index is -0.351. The summed E-state index contributed by atoms with van der Waals surface area (Å²) >= 11 is 0. The quantitative estimate of drug-likeness (QED) is 0.708. The van der Waals surface area contributed by atoms with E-state index in [9.17, 15) is 9.18 Å². The summed E-state index contributed by atoms with van der Waals surface area (Å²) in [6.45, 7) is 1.93. The highest BCUT2D eigenvalue weighted by Crippen LogP contribution is 2.33. The lowest BCUT2D eigenvalue weighted by atomic mass is 9.92. The Labute approximate surface area is 151 Å². The van der Waals surface area contributed by atoms with Crippen LogP contribution in [0, 0.1) is 5.82 Å². The van der Waals surface area contributed by atoms with Crippen molar-refractivity contribution in [2.24, 2.45) is 4.99 Å². The molecule has 1 aliphatic heterocycles. The van der Waals surface area contributed by atoms with E-state index in [4.69, 9.17) is 0 Å². The van der Waals surface area contributed by atoms with Crippen LogP contribution >= 0.6 is 0 Å². The fraction of sp³-hybridized carbons (Fsp3) is 0.190. The number of benzene rings is 2. The van der Waals surface area contributed by atoms with E-state index in [1.807, 2.05) is 42.0 Å². The van der Waals surface area contributed by atoms with Crippen molar-refractivity contribution in [2.45, 2.75) is 25.8 Å². The highest BCUT2D eigenvalue weighted by molar-refractivity contribution is 6.41. The van der Waals surface area contributed by atoms with E-state index in [-0.39, 0.29) is 17.6 Å². The SMILES string of the molecule is CCC1=Nc2ccc(C(c3ccccc3F)n3ccnc3)cc2CC1=O. The number of imidazole rings is 1. The van der Waals surface area contributed by atoms with Crippen LogP contribution in [0.4, 0.5) is 10.1 Å². The normalized spacial score (nSPS) is 14.7. The molecule has 0 amide bonds. The van der Waals surface area contributed by atoms with E-state index in [1.54, 1.807) is 24.7 Å². The molecule has 0 radical (unpaired) electrons. The third kappa shape index (κ3) is 2.86. The zero-order valence-corrected chi connectivity index (χ0v) is 14.4. The molecule has 0 fully saturated rings. The third-order valence-electron chi connectivity index (χ3n) is 4.71. The summed E-state index contributed by atoms with van der Waals surface area (Å²) in [7, 11) is 0. The molecule has 1 aromatic heterocycles. The van der Waals surface area contributed by atoms with Gasteiger partial charge in [-0.2, -0.15) is 0 Å². The highest BCUT2D eigenvalue weighted by Gasteiger charge is 2.23. The number of carbonyl (C=O) groups excluding carboxylic acids is 1. The molecular formula is C21H18FN3O. The van der Waals surface area contributed by atoms with Gasteiger partial charge in [0.1, 0.15) is 5.82 Å². The first-order chi connectivity index (χ1) is 12.7. The van der Waals surface area contributed by atoms with Crippen molar-refractivity contribution in [3.63, 3.8) is 0 Å². The summed E-state index contributed by atoms with van der Waals surface area (Å²) < 4.78 is 16.4. The van der Waals surface area contributed by atoms with E-state index in [0.29, 0.717) is 24.1 Å². The molecule has 3 aromatic rings. The number of halogens is 1. The van der Waals surface area contributed by atoms with Crippen molar-refractivity contribution in [3.8, 4) is 0 Å². The Kier molecular flexibility index (Phi) is 4.21. The molecule has 0 saturated carbocycles. The van der Waals surface area contributed by atoms with Crippen molar-refractivity contribution < 1.29 is 9.18 Å². The van der Waals surface area contributed by atoms with Crippen LogP contribution in [0.25, 0.3) is 0 Å².